The quantitative estimate of drug-likeness (QED) is 0.752. The lowest BCUT2D eigenvalue weighted by Gasteiger charge is -2.26. The summed E-state index contributed by atoms with van der Waals surface area (Å²) in [5.41, 5.74) is 0. The second-order valence-corrected chi connectivity index (χ2v) is 4.61. The average Bonchev–Trinajstić information content (AvgIpc) is 2.26. The summed E-state index contributed by atoms with van der Waals surface area (Å²) in [7, 11) is 0. The highest BCUT2D eigenvalue weighted by Gasteiger charge is 2.26. The van der Waals surface area contributed by atoms with Crippen molar-refractivity contribution in [3.63, 3.8) is 0 Å². The fourth-order valence-corrected chi connectivity index (χ4v) is 2.27. The number of hydrogen-bond donors (Lipinski definition) is 2. The van der Waals surface area contributed by atoms with Gasteiger partial charge in [-0.15, -0.1) is 0 Å². The lowest BCUT2D eigenvalue weighted by molar-refractivity contribution is -0.138. The van der Waals surface area contributed by atoms with Crippen molar-refractivity contribution < 1.29 is 14.7 Å². The molecule has 1 saturated carbocycles. The zero-order chi connectivity index (χ0) is 12.0. The van der Waals surface area contributed by atoms with Crippen molar-refractivity contribution in [3.8, 4) is 0 Å². The van der Waals surface area contributed by atoms with E-state index in [1.165, 1.54) is 0 Å². The number of carbonyl (C=O) groups excluding carboxylic acids is 1. The van der Waals surface area contributed by atoms with Crippen LogP contribution in [0.2, 0.25) is 0 Å². The first-order valence-electron chi connectivity index (χ1n) is 6.13. The van der Waals surface area contributed by atoms with Gasteiger partial charge in [0, 0.05) is 18.9 Å². The Hall–Kier alpha value is -1.06. The molecule has 0 unspecified atom stereocenters. The highest BCUT2D eigenvalue weighted by atomic mass is 16.4. The summed E-state index contributed by atoms with van der Waals surface area (Å²) in [6, 6.07) is 0. The normalized spacial score (nSPS) is 25.1. The first-order chi connectivity index (χ1) is 7.63. The highest BCUT2D eigenvalue weighted by molar-refractivity contribution is 5.78. The van der Waals surface area contributed by atoms with Gasteiger partial charge in [0.1, 0.15) is 0 Å². The van der Waals surface area contributed by atoms with Crippen LogP contribution < -0.4 is 5.32 Å². The minimum atomic E-state index is -0.723. The molecule has 16 heavy (non-hydrogen) atoms. The maximum atomic E-state index is 11.7. The van der Waals surface area contributed by atoms with Crippen LogP contribution in [0.25, 0.3) is 0 Å². The summed E-state index contributed by atoms with van der Waals surface area (Å²) >= 11 is 0. The molecule has 0 spiro atoms. The number of carboxylic acids is 1. The van der Waals surface area contributed by atoms with Crippen molar-refractivity contribution >= 4 is 11.9 Å². The van der Waals surface area contributed by atoms with E-state index in [2.05, 4.69) is 5.32 Å². The largest absolute Gasteiger partial charge is 0.481 e. The SMILES string of the molecule is CCCNC(=O)C1CCC(CC(=O)O)CC1. The number of nitrogens with one attached hydrogen (secondary N) is 1. The van der Waals surface area contributed by atoms with Crippen LogP contribution in [-0.2, 0) is 9.59 Å². The Bertz CT molecular complexity index is 245. The molecule has 0 heterocycles. The van der Waals surface area contributed by atoms with Gasteiger partial charge in [-0.3, -0.25) is 9.59 Å². The van der Waals surface area contributed by atoms with E-state index in [9.17, 15) is 9.59 Å². The van der Waals surface area contributed by atoms with Crippen LogP contribution in [0.3, 0.4) is 0 Å². The zero-order valence-electron chi connectivity index (χ0n) is 9.87. The number of carbonyl (C=O) groups is 2. The van der Waals surface area contributed by atoms with Gasteiger partial charge in [-0.2, -0.15) is 0 Å². The summed E-state index contributed by atoms with van der Waals surface area (Å²) < 4.78 is 0. The summed E-state index contributed by atoms with van der Waals surface area (Å²) in [6.07, 6.45) is 4.64. The van der Waals surface area contributed by atoms with E-state index >= 15 is 0 Å². The predicted octanol–water partition coefficient (Wildman–Crippen LogP) is 1.79. The van der Waals surface area contributed by atoms with Gasteiger partial charge in [0.15, 0.2) is 0 Å². The van der Waals surface area contributed by atoms with Crippen molar-refractivity contribution in [2.75, 3.05) is 6.54 Å². The van der Waals surface area contributed by atoms with Crippen LogP contribution >= 0.6 is 0 Å². The Morgan fingerprint density at radius 3 is 2.38 bits per heavy atom. The van der Waals surface area contributed by atoms with Gasteiger partial charge in [0.05, 0.1) is 0 Å². The standard InChI is InChI=1S/C12H21NO3/c1-2-7-13-12(16)10-5-3-9(4-6-10)8-11(14)15/h9-10H,2-8H2,1H3,(H,13,16)(H,14,15). The zero-order valence-corrected chi connectivity index (χ0v) is 9.87. The van der Waals surface area contributed by atoms with Crippen molar-refractivity contribution in [3.05, 3.63) is 0 Å². The van der Waals surface area contributed by atoms with E-state index in [-0.39, 0.29) is 24.2 Å². The first-order valence-corrected chi connectivity index (χ1v) is 6.13. The molecule has 1 amide bonds. The minimum absolute atomic E-state index is 0.108. The third-order valence-electron chi connectivity index (χ3n) is 3.23. The first kappa shape index (κ1) is 13.0. The minimum Gasteiger partial charge on any atom is -0.481 e. The van der Waals surface area contributed by atoms with Crippen molar-refractivity contribution in [2.45, 2.75) is 45.4 Å². The fraction of sp³-hybridized carbons (Fsp3) is 0.833. The van der Waals surface area contributed by atoms with Crippen LogP contribution in [0.4, 0.5) is 0 Å². The predicted molar refractivity (Wildman–Crippen MR) is 61.0 cm³/mol. The third-order valence-corrected chi connectivity index (χ3v) is 3.23. The smallest absolute Gasteiger partial charge is 0.303 e. The molecule has 0 aromatic heterocycles. The topological polar surface area (TPSA) is 66.4 Å². The molecule has 0 bridgehead atoms. The Morgan fingerprint density at radius 1 is 1.25 bits per heavy atom. The fourth-order valence-electron chi connectivity index (χ4n) is 2.27. The molecule has 0 aliphatic heterocycles. The van der Waals surface area contributed by atoms with Gasteiger partial charge >= 0.3 is 5.97 Å². The second kappa shape index (κ2) is 6.51. The molecular formula is C12H21NO3. The molecule has 4 heteroatoms. The van der Waals surface area contributed by atoms with Crippen LogP contribution in [0.15, 0.2) is 0 Å². The summed E-state index contributed by atoms with van der Waals surface area (Å²) in [5, 5.41) is 11.6. The molecule has 1 rings (SSSR count). The molecule has 0 saturated heterocycles. The Morgan fingerprint density at radius 2 is 1.88 bits per heavy atom. The molecular weight excluding hydrogens is 206 g/mol. The summed E-state index contributed by atoms with van der Waals surface area (Å²) in [4.78, 5) is 22.2. The molecule has 4 nitrogen and oxygen atoms in total. The van der Waals surface area contributed by atoms with Crippen molar-refractivity contribution in [2.24, 2.45) is 11.8 Å². The van der Waals surface area contributed by atoms with Gasteiger partial charge in [-0.05, 0) is 38.0 Å². The summed E-state index contributed by atoms with van der Waals surface area (Å²) in [6.45, 7) is 2.78. The Kier molecular flexibility index (Phi) is 5.29. The number of aliphatic carboxylic acids is 1. The lowest BCUT2D eigenvalue weighted by atomic mass is 9.80. The maximum absolute atomic E-state index is 11.7. The van der Waals surface area contributed by atoms with E-state index in [0.29, 0.717) is 0 Å². The van der Waals surface area contributed by atoms with Crippen LogP contribution in [0, 0.1) is 11.8 Å². The lowest BCUT2D eigenvalue weighted by Crippen LogP contribution is -2.33. The van der Waals surface area contributed by atoms with Crippen molar-refractivity contribution in [1.82, 2.24) is 5.32 Å². The van der Waals surface area contributed by atoms with Crippen LogP contribution in [0.5, 0.6) is 0 Å². The average molecular weight is 227 g/mol. The van der Waals surface area contributed by atoms with Gasteiger partial charge in [-0.1, -0.05) is 6.92 Å². The molecule has 2 N–H and O–H groups in total. The Balaban J connectivity index is 2.25. The van der Waals surface area contributed by atoms with E-state index in [0.717, 1.165) is 38.6 Å². The maximum Gasteiger partial charge on any atom is 0.303 e. The molecule has 1 fully saturated rings. The molecule has 1 aliphatic carbocycles. The molecule has 92 valence electrons. The Labute approximate surface area is 96.4 Å². The van der Waals surface area contributed by atoms with Crippen molar-refractivity contribution in [1.29, 1.82) is 0 Å². The summed E-state index contributed by atoms with van der Waals surface area (Å²) in [5.74, 6) is -0.196. The molecule has 1 aliphatic rings. The van der Waals surface area contributed by atoms with Crippen LogP contribution in [0.1, 0.15) is 45.4 Å². The second-order valence-electron chi connectivity index (χ2n) is 4.61. The molecule has 0 atom stereocenters. The molecule has 0 aromatic rings. The van der Waals surface area contributed by atoms with Crippen LogP contribution in [-0.4, -0.2) is 23.5 Å². The number of rotatable bonds is 5. The van der Waals surface area contributed by atoms with Gasteiger partial charge in [-0.25, -0.2) is 0 Å². The molecule has 0 aromatic carbocycles. The highest BCUT2D eigenvalue weighted by Crippen LogP contribution is 2.30. The van der Waals surface area contributed by atoms with Gasteiger partial charge < -0.3 is 10.4 Å². The number of carboxylic acid groups (broad SMARTS) is 1. The third kappa shape index (κ3) is 4.21. The van der Waals surface area contributed by atoms with E-state index < -0.39 is 5.97 Å². The monoisotopic (exact) mass is 227 g/mol. The van der Waals surface area contributed by atoms with Gasteiger partial charge in [0.25, 0.3) is 0 Å². The molecule has 0 radical (unpaired) electrons. The van der Waals surface area contributed by atoms with Gasteiger partial charge in [0.2, 0.25) is 5.91 Å². The van der Waals surface area contributed by atoms with E-state index in [4.69, 9.17) is 5.11 Å². The van der Waals surface area contributed by atoms with E-state index in [1.807, 2.05) is 6.92 Å². The van der Waals surface area contributed by atoms with E-state index in [1.54, 1.807) is 0 Å². The number of hydrogen-bond acceptors (Lipinski definition) is 2. The number of amides is 1.